The number of rotatable bonds is 9. The summed E-state index contributed by atoms with van der Waals surface area (Å²) < 4.78 is 17.3. The summed E-state index contributed by atoms with van der Waals surface area (Å²) in [5.74, 6) is 1.79. The van der Waals surface area contributed by atoms with E-state index in [-0.39, 0.29) is 0 Å². The molecular weight excluding hydrogens is 266 g/mol. The topological polar surface area (TPSA) is 39.7 Å². The molecule has 4 heteroatoms. The summed E-state index contributed by atoms with van der Waals surface area (Å²) in [7, 11) is 1.94. The van der Waals surface area contributed by atoms with E-state index < -0.39 is 0 Å². The highest BCUT2D eigenvalue weighted by molar-refractivity contribution is 5.40. The Morgan fingerprint density at radius 1 is 1.29 bits per heavy atom. The fourth-order valence-electron chi connectivity index (χ4n) is 2.49. The minimum absolute atomic E-state index is 0.372. The highest BCUT2D eigenvalue weighted by Gasteiger charge is 2.15. The van der Waals surface area contributed by atoms with Crippen molar-refractivity contribution in [1.29, 1.82) is 0 Å². The molecule has 0 radical (unpaired) electrons. The molecule has 2 rings (SSSR count). The van der Waals surface area contributed by atoms with Crippen LogP contribution >= 0.6 is 0 Å². The van der Waals surface area contributed by atoms with Crippen molar-refractivity contribution < 1.29 is 14.2 Å². The van der Waals surface area contributed by atoms with Gasteiger partial charge in [0.15, 0.2) is 0 Å². The lowest BCUT2D eigenvalue weighted by atomic mass is 10.1. The van der Waals surface area contributed by atoms with E-state index in [1.54, 1.807) is 0 Å². The van der Waals surface area contributed by atoms with E-state index >= 15 is 0 Å². The van der Waals surface area contributed by atoms with Gasteiger partial charge in [-0.05, 0) is 32.4 Å². The zero-order chi connectivity index (χ0) is 14.9. The van der Waals surface area contributed by atoms with Gasteiger partial charge >= 0.3 is 0 Å². The smallest absolute Gasteiger partial charge is 0.127 e. The Morgan fingerprint density at radius 3 is 2.90 bits per heavy atom. The van der Waals surface area contributed by atoms with Crippen LogP contribution in [-0.2, 0) is 11.3 Å². The van der Waals surface area contributed by atoms with Gasteiger partial charge < -0.3 is 19.5 Å². The van der Waals surface area contributed by atoms with E-state index in [2.05, 4.69) is 18.3 Å². The first kappa shape index (κ1) is 16.1. The number of benzene rings is 1. The van der Waals surface area contributed by atoms with Gasteiger partial charge in [-0.25, -0.2) is 0 Å². The number of hydrogen-bond donors (Lipinski definition) is 1. The molecule has 1 fully saturated rings. The largest absolute Gasteiger partial charge is 0.493 e. The second kappa shape index (κ2) is 8.90. The molecule has 1 heterocycles. The van der Waals surface area contributed by atoms with Crippen LogP contribution in [0.4, 0.5) is 0 Å². The minimum atomic E-state index is 0.372. The fourth-order valence-corrected chi connectivity index (χ4v) is 2.49. The van der Waals surface area contributed by atoms with Gasteiger partial charge in [0.2, 0.25) is 0 Å². The molecule has 1 aromatic carbocycles. The van der Waals surface area contributed by atoms with Crippen molar-refractivity contribution in [2.24, 2.45) is 0 Å². The van der Waals surface area contributed by atoms with E-state index in [4.69, 9.17) is 14.2 Å². The van der Waals surface area contributed by atoms with Gasteiger partial charge in [0.25, 0.3) is 0 Å². The van der Waals surface area contributed by atoms with Crippen molar-refractivity contribution in [1.82, 2.24) is 5.32 Å². The molecule has 4 nitrogen and oxygen atoms in total. The monoisotopic (exact) mass is 293 g/mol. The average molecular weight is 293 g/mol. The molecule has 0 aromatic heterocycles. The first-order valence-electron chi connectivity index (χ1n) is 7.98. The van der Waals surface area contributed by atoms with Crippen LogP contribution in [0.25, 0.3) is 0 Å². The van der Waals surface area contributed by atoms with E-state index in [0.717, 1.165) is 56.1 Å². The van der Waals surface area contributed by atoms with Gasteiger partial charge in [0, 0.05) is 31.2 Å². The van der Waals surface area contributed by atoms with Gasteiger partial charge in [-0.1, -0.05) is 13.0 Å². The molecule has 0 saturated carbocycles. The Bertz CT molecular complexity index is 416. The van der Waals surface area contributed by atoms with Gasteiger partial charge in [0.05, 0.1) is 19.3 Å². The highest BCUT2D eigenvalue weighted by atomic mass is 16.5. The second-order valence-corrected chi connectivity index (χ2v) is 5.42. The van der Waals surface area contributed by atoms with Crippen LogP contribution in [0.1, 0.15) is 38.2 Å². The summed E-state index contributed by atoms with van der Waals surface area (Å²) >= 11 is 0. The average Bonchev–Trinajstić information content (AvgIpc) is 3.01. The van der Waals surface area contributed by atoms with Gasteiger partial charge in [-0.2, -0.15) is 0 Å². The van der Waals surface area contributed by atoms with Gasteiger partial charge in [-0.15, -0.1) is 0 Å². The normalized spacial score (nSPS) is 17.9. The Hall–Kier alpha value is -1.26. The van der Waals surface area contributed by atoms with Gasteiger partial charge in [-0.3, -0.25) is 0 Å². The van der Waals surface area contributed by atoms with E-state index in [9.17, 15) is 0 Å². The summed E-state index contributed by atoms with van der Waals surface area (Å²) in [5, 5.41) is 3.17. The van der Waals surface area contributed by atoms with Crippen LogP contribution in [0.15, 0.2) is 18.2 Å². The number of hydrogen-bond acceptors (Lipinski definition) is 4. The maximum absolute atomic E-state index is 5.97. The summed E-state index contributed by atoms with van der Waals surface area (Å²) in [6.45, 7) is 5.23. The van der Waals surface area contributed by atoms with Crippen molar-refractivity contribution >= 4 is 0 Å². The van der Waals surface area contributed by atoms with Crippen LogP contribution in [0.2, 0.25) is 0 Å². The first-order chi connectivity index (χ1) is 10.3. The third-order valence-corrected chi connectivity index (χ3v) is 3.60. The summed E-state index contributed by atoms with van der Waals surface area (Å²) in [5.41, 5.74) is 1.16. The first-order valence-corrected chi connectivity index (χ1v) is 7.98. The predicted molar refractivity (Wildman–Crippen MR) is 84.1 cm³/mol. The molecule has 0 spiro atoms. The lowest BCUT2D eigenvalue weighted by molar-refractivity contribution is 0.0901. The molecule has 1 unspecified atom stereocenters. The zero-order valence-electron chi connectivity index (χ0n) is 13.2. The third-order valence-electron chi connectivity index (χ3n) is 3.60. The molecule has 1 aliphatic heterocycles. The summed E-state index contributed by atoms with van der Waals surface area (Å²) in [6.07, 6.45) is 4.67. The van der Waals surface area contributed by atoms with Crippen LogP contribution < -0.4 is 14.8 Å². The molecule has 21 heavy (non-hydrogen) atoms. The maximum Gasteiger partial charge on any atom is 0.127 e. The SMILES string of the molecule is CCCOc1ccc(CNC)c(OCCC2CCCO2)c1. The van der Waals surface area contributed by atoms with E-state index in [1.165, 1.54) is 6.42 Å². The standard InChI is InChI=1S/C17H27NO3/c1-3-9-19-16-7-6-14(13-18-2)17(12-16)21-11-8-15-5-4-10-20-15/h6-7,12,15,18H,3-5,8-11,13H2,1-2H3. The van der Waals surface area contributed by atoms with E-state index in [1.807, 2.05) is 19.2 Å². The van der Waals surface area contributed by atoms with Crippen molar-refractivity contribution in [3.8, 4) is 11.5 Å². The van der Waals surface area contributed by atoms with Crippen LogP contribution in [-0.4, -0.2) is 33.0 Å². The van der Waals surface area contributed by atoms with Crippen molar-refractivity contribution in [2.45, 2.75) is 45.3 Å². The molecule has 0 amide bonds. The molecule has 1 saturated heterocycles. The molecule has 0 aliphatic carbocycles. The van der Waals surface area contributed by atoms with Crippen LogP contribution in [0.5, 0.6) is 11.5 Å². The Balaban J connectivity index is 1.92. The molecule has 118 valence electrons. The zero-order valence-corrected chi connectivity index (χ0v) is 13.2. The number of nitrogens with one attached hydrogen (secondary N) is 1. The Kier molecular flexibility index (Phi) is 6.83. The van der Waals surface area contributed by atoms with E-state index in [0.29, 0.717) is 12.7 Å². The quantitative estimate of drug-likeness (QED) is 0.759. The van der Waals surface area contributed by atoms with Crippen molar-refractivity contribution in [3.05, 3.63) is 23.8 Å². The van der Waals surface area contributed by atoms with Gasteiger partial charge in [0.1, 0.15) is 11.5 Å². The Morgan fingerprint density at radius 2 is 2.19 bits per heavy atom. The molecule has 1 aliphatic rings. The molecule has 1 atom stereocenters. The van der Waals surface area contributed by atoms with Crippen molar-refractivity contribution in [2.75, 3.05) is 26.9 Å². The summed E-state index contributed by atoms with van der Waals surface area (Å²) in [4.78, 5) is 0. The minimum Gasteiger partial charge on any atom is -0.493 e. The lowest BCUT2D eigenvalue weighted by Gasteiger charge is -2.15. The lowest BCUT2D eigenvalue weighted by Crippen LogP contribution is -2.13. The third kappa shape index (κ3) is 5.21. The maximum atomic E-state index is 5.97. The highest BCUT2D eigenvalue weighted by Crippen LogP contribution is 2.26. The molecule has 0 bridgehead atoms. The predicted octanol–water partition coefficient (Wildman–Crippen LogP) is 3.14. The summed E-state index contributed by atoms with van der Waals surface area (Å²) in [6, 6.07) is 6.08. The second-order valence-electron chi connectivity index (χ2n) is 5.42. The van der Waals surface area contributed by atoms with Crippen LogP contribution in [0.3, 0.4) is 0 Å². The Labute approximate surface area is 127 Å². The molecular formula is C17H27NO3. The van der Waals surface area contributed by atoms with Crippen LogP contribution in [0, 0.1) is 0 Å². The number of ether oxygens (including phenoxy) is 3. The van der Waals surface area contributed by atoms with Crippen molar-refractivity contribution in [3.63, 3.8) is 0 Å². The fraction of sp³-hybridized carbons (Fsp3) is 0.647. The molecule has 1 N–H and O–H groups in total. The molecule has 1 aromatic rings.